The summed E-state index contributed by atoms with van der Waals surface area (Å²) < 4.78 is 10.7. The van der Waals surface area contributed by atoms with Crippen LogP contribution >= 0.6 is 11.8 Å². The van der Waals surface area contributed by atoms with Crippen LogP contribution in [0.25, 0.3) is 0 Å². The molecule has 35 heavy (non-hydrogen) atoms. The zero-order valence-electron chi connectivity index (χ0n) is 20.7. The molecule has 188 valence electrons. The first-order valence-electron chi connectivity index (χ1n) is 11.9. The first-order chi connectivity index (χ1) is 16.9. The molecule has 1 aliphatic carbocycles. The number of carbonyl (C=O) groups is 3. The number of ether oxygens (including phenoxy) is 2. The SMILES string of the molecule is COc1ccccc1CN(C)C(=O)COC(=O)c1ccccc1SCC(=O)N(C)C1CCCCC1. The molecule has 7 nitrogen and oxygen atoms in total. The van der Waals surface area contributed by atoms with Crippen LogP contribution < -0.4 is 4.74 Å². The van der Waals surface area contributed by atoms with Crippen molar-refractivity contribution in [3.05, 3.63) is 59.7 Å². The molecule has 2 aromatic carbocycles. The Morgan fingerprint density at radius 1 is 0.943 bits per heavy atom. The van der Waals surface area contributed by atoms with Gasteiger partial charge in [-0.05, 0) is 31.0 Å². The third-order valence-electron chi connectivity index (χ3n) is 6.33. The van der Waals surface area contributed by atoms with Gasteiger partial charge in [0.1, 0.15) is 5.75 Å². The van der Waals surface area contributed by atoms with Crippen molar-refractivity contribution in [3.63, 3.8) is 0 Å². The van der Waals surface area contributed by atoms with E-state index in [2.05, 4.69) is 0 Å². The predicted octanol–water partition coefficient (Wildman–Crippen LogP) is 4.39. The predicted molar refractivity (Wildman–Crippen MR) is 137 cm³/mol. The van der Waals surface area contributed by atoms with E-state index in [1.54, 1.807) is 32.4 Å². The van der Waals surface area contributed by atoms with Crippen molar-refractivity contribution < 1.29 is 23.9 Å². The van der Waals surface area contributed by atoms with Crippen molar-refractivity contribution >= 4 is 29.5 Å². The Morgan fingerprint density at radius 3 is 2.37 bits per heavy atom. The molecule has 0 unspecified atom stereocenters. The Kier molecular flexibility index (Phi) is 10.0. The van der Waals surface area contributed by atoms with Crippen molar-refractivity contribution in [2.45, 2.75) is 49.6 Å². The molecule has 1 fully saturated rings. The van der Waals surface area contributed by atoms with Crippen LogP contribution in [0.5, 0.6) is 5.75 Å². The molecule has 8 heteroatoms. The lowest BCUT2D eigenvalue weighted by atomic mass is 9.94. The minimum absolute atomic E-state index is 0.0539. The summed E-state index contributed by atoms with van der Waals surface area (Å²) in [6.45, 7) is -0.0315. The summed E-state index contributed by atoms with van der Waals surface area (Å²) in [7, 11) is 5.10. The number of esters is 1. The van der Waals surface area contributed by atoms with E-state index < -0.39 is 5.97 Å². The number of thioether (sulfide) groups is 1. The van der Waals surface area contributed by atoms with E-state index in [0.717, 1.165) is 31.2 Å². The molecule has 2 aromatic rings. The minimum Gasteiger partial charge on any atom is -0.496 e. The Balaban J connectivity index is 1.53. The van der Waals surface area contributed by atoms with E-state index in [1.807, 2.05) is 42.3 Å². The van der Waals surface area contributed by atoms with Gasteiger partial charge in [-0.3, -0.25) is 9.59 Å². The molecule has 0 aliphatic heterocycles. The standard InChI is InChI=1S/C27H34N2O5S/c1-28(17-20-11-7-9-15-23(20)33-3)25(30)18-34-27(32)22-14-8-10-16-24(22)35-19-26(31)29(2)21-12-5-4-6-13-21/h7-11,14-16,21H,4-6,12-13,17-19H2,1-3H3. The molecule has 0 radical (unpaired) electrons. The van der Waals surface area contributed by atoms with Crippen LogP contribution in [0.3, 0.4) is 0 Å². The van der Waals surface area contributed by atoms with Gasteiger partial charge in [0, 0.05) is 37.1 Å². The maximum Gasteiger partial charge on any atom is 0.339 e. The summed E-state index contributed by atoms with van der Waals surface area (Å²) in [6, 6.07) is 14.8. The zero-order chi connectivity index (χ0) is 25.2. The van der Waals surface area contributed by atoms with E-state index >= 15 is 0 Å². The summed E-state index contributed by atoms with van der Waals surface area (Å²) >= 11 is 1.32. The zero-order valence-corrected chi connectivity index (χ0v) is 21.5. The molecular weight excluding hydrogens is 464 g/mol. The van der Waals surface area contributed by atoms with Gasteiger partial charge >= 0.3 is 5.97 Å². The summed E-state index contributed by atoms with van der Waals surface area (Å²) in [6.07, 6.45) is 5.67. The number of carbonyl (C=O) groups excluding carboxylic acids is 3. The first-order valence-corrected chi connectivity index (χ1v) is 12.9. The summed E-state index contributed by atoms with van der Waals surface area (Å²) in [4.78, 5) is 42.0. The average molecular weight is 499 g/mol. The fraction of sp³-hybridized carbons (Fsp3) is 0.444. The maximum absolute atomic E-state index is 12.8. The number of hydrogen-bond acceptors (Lipinski definition) is 6. The molecule has 0 bridgehead atoms. The van der Waals surface area contributed by atoms with Gasteiger partial charge in [-0.25, -0.2) is 4.79 Å². The van der Waals surface area contributed by atoms with E-state index in [0.29, 0.717) is 28.8 Å². The second-order valence-electron chi connectivity index (χ2n) is 8.72. The number of hydrogen-bond donors (Lipinski definition) is 0. The van der Waals surface area contributed by atoms with Crippen LogP contribution in [0.15, 0.2) is 53.4 Å². The smallest absolute Gasteiger partial charge is 0.339 e. The molecule has 0 N–H and O–H groups in total. The number of nitrogens with zero attached hydrogens (tertiary/aromatic N) is 2. The lowest BCUT2D eigenvalue weighted by Gasteiger charge is -2.31. The molecule has 0 saturated heterocycles. The fourth-order valence-corrected chi connectivity index (χ4v) is 5.13. The number of para-hydroxylation sites is 1. The minimum atomic E-state index is -0.583. The second-order valence-corrected chi connectivity index (χ2v) is 9.74. The molecule has 2 amide bonds. The molecule has 0 heterocycles. The van der Waals surface area contributed by atoms with Crippen LogP contribution in [-0.2, 0) is 20.9 Å². The van der Waals surface area contributed by atoms with Crippen molar-refractivity contribution in [1.82, 2.24) is 9.80 Å². The Labute approximate surface area is 211 Å². The normalized spacial score (nSPS) is 13.7. The van der Waals surface area contributed by atoms with Crippen molar-refractivity contribution in [2.75, 3.05) is 33.6 Å². The van der Waals surface area contributed by atoms with Crippen LogP contribution in [-0.4, -0.2) is 67.2 Å². The van der Waals surface area contributed by atoms with Crippen molar-refractivity contribution in [1.29, 1.82) is 0 Å². The Bertz CT molecular complexity index is 1020. The first kappa shape index (κ1) is 26.6. The van der Waals surface area contributed by atoms with Crippen LogP contribution in [0.4, 0.5) is 0 Å². The van der Waals surface area contributed by atoms with Crippen LogP contribution in [0.2, 0.25) is 0 Å². The van der Waals surface area contributed by atoms with Crippen molar-refractivity contribution in [3.8, 4) is 5.75 Å². The highest BCUT2D eigenvalue weighted by molar-refractivity contribution is 8.00. The van der Waals surface area contributed by atoms with Crippen molar-refractivity contribution in [2.24, 2.45) is 0 Å². The fourth-order valence-electron chi connectivity index (χ4n) is 4.17. The number of amides is 2. The molecule has 0 spiro atoms. The van der Waals surface area contributed by atoms with E-state index in [4.69, 9.17) is 9.47 Å². The summed E-state index contributed by atoms with van der Waals surface area (Å²) in [5.74, 6) is 0.0913. The van der Waals surface area contributed by atoms with Gasteiger partial charge in [0.25, 0.3) is 5.91 Å². The number of likely N-dealkylation sites (N-methyl/N-ethyl adjacent to an activating group) is 1. The number of methoxy groups -OCH3 is 1. The number of benzene rings is 2. The van der Waals surface area contributed by atoms with Gasteiger partial charge in [-0.15, -0.1) is 11.8 Å². The summed E-state index contributed by atoms with van der Waals surface area (Å²) in [5.41, 5.74) is 1.22. The molecule has 3 rings (SSSR count). The van der Waals surface area contributed by atoms with Gasteiger partial charge in [-0.1, -0.05) is 49.6 Å². The Hall–Kier alpha value is -3.00. The third-order valence-corrected chi connectivity index (χ3v) is 7.38. The van der Waals surface area contributed by atoms with Gasteiger partial charge in [0.2, 0.25) is 5.91 Å². The monoisotopic (exact) mass is 498 g/mol. The second kappa shape index (κ2) is 13.2. The highest BCUT2D eigenvalue weighted by Gasteiger charge is 2.23. The molecular formula is C27H34N2O5S. The molecule has 0 atom stereocenters. The third kappa shape index (κ3) is 7.49. The van der Waals surface area contributed by atoms with Crippen LogP contribution in [0, 0.1) is 0 Å². The van der Waals surface area contributed by atoms with Gasteiger partial charge in [-0.2, -0.15) is 0 Å². The topological polar surface area (TPSA) is 76.1 Å². The summed E-state index contributed by atoms with van der Waals surface area (Å²) in [5, 5.41) is 0. The van der Waals surface area contributed by atoms with Gasteiger partial charge in [0.05, 0.1) is 18.4 Å². The Morgan fingerprint density at radius 2 is 1.63 bits per heavy atom. The molecule has 1 aliphatic rings. The van der Waals surface area contributed by atoms with E-state index in [9.17, 15) is 14.4 Å². The maximum atomic E-state index is 12.8. The largest absolute Gasteiger partial charge is 0.496 e. The lowest BCUT2D eigenvalue weighted by molar-refractivity contribution is -0.133. The van der Waals surface area contributed by atoms with E-state index in [1.165, 1.54) is 23.1 Å². The van der Waals surface area contributed by atoms with Gasteiger partial charge in [0.15, 0.2) is 6.61 Å². The highest BCUT2D eigenvalue weighted by atomic mass is 32.2. The lowest BCUT2D eigenvalue weighted by Crippen LogP contribution is -2.39. The molecule has 1 saturated carbocycles. The highest BCUT2D eigenvalue weighted by Crippen LogP contribution is 2.26. The van der Waals surface area contributed by atoms with Gasteiger partial charge < -0.3 is 19.3 Å². The number of rotatable bonds is 10. The quantitative estimate of drug-likeness (QED) is 0.357. The van der Waals surface area contributed by atoms with Crippen LogP contribution in [0.1, 0.15) is 48.0 Å². The molecule has 0 aromatic heterocycles. The van der Waals surface area contributed by atoms with E-state index in [-0.39, 0.29) is 24.2 Å². The average Bonchev–Trinajstić information content (AvgIpc) is 2.90.